The van der Waals surface area contributed by atoms with Crippen LogP contribution in [0.25, 0.3) is 0 Å². The SMILES string of the molecule is C#CCCCNC(=O)c1cccc(OC)c1N. The van der Waals surface area contributed by atoms with E-state index in [1.165, 1.54) is 7.11 Å². The van der Waals surface area contributed by atoms with Gasteiger partial charge in [-0.1, -0.05) is 6.07 Å². The molecule has 0 saturated carbocycles. The van der Waals surface area contributed by atoms with Crippen molar-refractivity contribution in [1.29, 1.82) is 0 Å². The predicted molar refractivity (Wildman–Crippen MR) is 67.8 cm³/mol. The summed E-state index contributed by atoms with van der Waals surface area (Å²) in [5.74, 6) is 2.81. The number of rotatable bonds is 5. The van der Waals surface area contributed by atoms with Crippen LogP contribution in [0.3, 0.4) is 0 Å². The van der Waals surface area contributed by atoms with Gasteiger partial charge in [0.15, 0.2) is 0 Å². The van der Waals surface area contributed by atoms with Crippen LogP contribution in [0, 0.1) is 12.3 Å². The first-order valence-corrected chi connectivity index (χ1v) is 5.34. The van der Waals surface area contributed by atoms with Crippen LogP contribution in [-0.4, -0.2) is 19.6 Å². The lowest BCUT2D eigenvalue weighted by molar-refractivity contribution is 0.0954. The molecule has 1 amide bonds. The third kappa shape index (κ3) is 3.42. The number of nitrogen functional groups attached to an aromatic ring is 1. The highest BCUT2D eigenvalue weighted by Gasteiger charge is 2.11. The number of nitrogens with one attached hydrogen (secondary N) is 1. The molecule has 0 aliphatic carbocycles. The quantitative estimate of drug-likeness (QED) is 0.458. The molecule has 0 aromatic heterocycles. The first kappa shape index (κ1) is 12.9. The fourth-order valence-corrected chi connectivity index (χ4v) is 1.41. The van der Waals surface area contributed by atoms with Crippen LogP contribution >= 0.6 is 0 Å². The topological polar surface area (TPSA) is 64.3 Å². The molecule has 0 bridgehead atoms. The van der Waals surface area contributed by atoms with E-state index in [4.69, 9.17) is 16.9 Å². The number of amides is 1. The number of nitrogens with two attached hydrogens (primary N) is 1. The zero-order valence-electron chi connectivity index (χ0n) is 9.82. The van der Waals surface area contributed by atoms with Gasteiger partial charge in [-0.3, -0.25) is 4.79 Å². The molecule has 1 aromatic rings. The normalized spacial score (nSPS) is 9.41. The van der Waals surface area contributed by atoms with Gasteiger partial charge in [0.2, 0.25) is 0 Å². The molecule has 90 valence electrons. The average Bonchev–Trinajstić information content (AvgIpc) is 2.34. The number of para-hydroxylation sites is 1. The van der Waals surface area contributed by atoms with Crippen molar-refractivity contribution in [2.24, 2.45) is 0 Å². The summed E-state index contributed by atoms with van der Waals surface area (Å²) in [6, 6.07) is 5.10. The number of ether oxygens (including phenoxy) is 1. The highest BCUT2D eigenvalue weighted by molar-refractivity contribution is 6.00. The second-order valence-corrected chi connectivity index (χ2v) is 3.49. The van der Waals surface area contributed by atoms with Crippen molar-refractivity contribution in [3.8, 4) is 18.1 Å². The number of benzene rings is 1. The Hall–Kier alpha value is -2.15. The van der Waals surface area contributed by atoms with Gasteiger partial charge in [0.1, 0.15) is 5.75 Å². The number of anilines is 1. The van der Waals surface area contributed by atoms with Crippen LogP contribution in [0.2, 0.25) is 0 Å². The fraction of sp³-hybridized carbons (Fsp3) is 0.308. The molecule has 0 unspecified atom stereocenters. The van der Waals surface area contributed by atoms with Crippen LogP contribution in [-0.2, 0) is 0 Å². The van der Waals surface area contributed by atoms with Gasteiger partial charge in [0.05, 0.1) is 18.4 Å². The number of carbonyl (C=O) groups excluding carboxylic acids is 1. The number of unbranched alkanes of at least 4 members (excludes halogenated alkanes) is 1. The van der Waals surface area contributed by atoms with E-state index in [1.54, 1.807) is 18.2 Å². The minimum Gasteiger partial charge on any atom is -0.495 e. The van der Waals surface area contributed by atoms with E-state index in [0.29, 0.717) is 30.0 Å². The fourth-order valence-electron chi connectivity index (χ4n) is 1.41. The molecule has 0 radical (unpaired) electrons. The second-order valence-electron chi connectivity index (χ2n) is 3.49. The highest BCUT2D eigenvalue weighted by Crippen LogP contribution is 2.24. The van der Waals surface area contributed by atoms with Crippen molar-refractivity contribution in [1.82, 2.24) is 5.32 Å². The Morgan fingerprint density at radius 3 is 3.00 bits per heavy atom. The van der Waals surface area contributed by atoms with Crippen LogP contribution in [0.5, 0.6) is 5.75 Å². The van der Waals surface area contributed by atoms with Crippen molar-refractivity contribution in [2.45, 2.75) is 12.8 Å². The van der Waals surface area contributed by atoms with Gasteiger partial charge >= 0.3 is 0 Å². The number of carbonyl (C=O) groups is 1. The monoisotopic (exact) mass is 232 g/mol. The molecule has 0 aliphatic rings. The lowest BCUT2D eigenvalue weighted by Crippen LogP contribution is -2.25. The zero-order valence-corrected chi connectivity index (χ0v) is 9.82. The first-order valence-electron chi connectivity index (χ1n) is 5.34. The summed E-state index contributed by atoms with van der Waals surface area (Å²) < 4.78 is 5.05. The molecule has 0 atom stereocenters. The number of hydrogen-bond donors (Lipinski definition) is 2. The molecule has 0 spiro atoms. The van der Waals surface area contributed by atoms with E-state index in [9.17, 15) is 4.79 Å². The largest absolute Gasteiger partial charge is 0.495 e. The van der Waals surface area contributed by atoms with E-state index in [1.807, 2.05) is 0 Å². The Kier molecular flexibility index (Phi) is 4.89. The lowest BCUT2D eigenvalue weighted by atomic mass is 10.1. The Morgan fingerprint density at radius 1 is 1.59 bits per heavy atom. The molecule has 3 N–H and O–H groups in total. The van der Waals surface area contributed by atoms with Crippen molar-refractivity contribution >= 4 is 11.6 Å². The molecule has 4 nitrogen and oxygen atoms in total. The summed E-state index contributed by atoms with van der Waals surface area (Å²) in [4.78, 5) is 11.8. The molecule has 1 rings (SSSR count). The van der Waals surface area contributed by atoms with Gasteiger partial charge in [0, 0.05) is 13.0 Å². The molecule has 17 heavy (non-hydrogen) atoms. The summed E-state index contributed by atoms with van der Waals surface area (Å²) in [7, 11) is 1.51. The summed E-state index contributed by atoms with van der Waals surface area (Å²) >= 11 is 0. The van der Waals surface area contributed by atoms with Crippen molar-refractivity contribution < 1.29 is 9.53 Å². The smallest absolute Gasteiger partial charge is 0.253 e. The van der Waals surface area contributed by atoms with Crippen molar-refractivity contribution in [3.63, 3.8) is 0 Å². The van der Waals surface area contributed by atoms with Crippen molar-refractivity contribution in [2.75, 3.05) is 19.4 Å². The van der Waals surface area contributed by atoms with Gasteiger partial charge in [0.25, 0.3) is 5.91 Å². The van der Waals surface area contributed by atoms with Crippen LogP contribution in [0.1, 0.15) is 23.2 Å². The lowest BCUT2D eigenvalue weighted by Gasteiger charge is -2.09. The zero-order chi connectivity index (χ0) is 12.7. The maximum Gasteiger partial charge on any atom is 0.253 e. The van der Waals surface area contributed by atoms with E-state index in [2.05, 4.69) is 11.2 Å². The van der Waals surface area contributed by atoms with Gasteiger partial charge in [-0.15, -0.1) is 12.3 Å². The maximum absolute atomic E-state index is 11.8. The van der Waals surface area contributed by atoms with Gasteiger partial charge in [-0.05, 0) is 18.6 Å². The van der Waals surface area contributed by atoms with Gasteiger partial charge in [-0.2, -0.15) is 0 Å². The average molecular weight is 232 g/mol. The third-order valence-corrected chi connectivity index (χ3v) is 2.31. The number of terminal acetylenes is 1. The third-order valence-electron chi connectivity index (χ3n) is 2.31. The Balaban J connectivity index is 2.66. The molecule has 0 saturated heterocycles. The second kappa shape index (κ2) is 6.44. The molecule has 0 aliphatic heterocycles. The minimum absolute atomic E-state index is 0.210. The Labute approximate surface area is 101 Å². The predicted octanol–water partition coefficient (Wildman–Crippen LogP) is 1.42. The summed E-state index contributed by atoms with van der Waals surface area (Å²) in [6.07, 6.45) is 6.52. The highest BCUT2D eigenvalue weighted by atomic mass is 16.5. The summed E-state index contributed by atoms with van der Waals surface area (Å²) in [6.45, 7) is 0.541. The van der Waals surface area contributed by atoms with Gasteiger partial charge < -0.3 is 15.8 Å². The number of hydrogen-bond acceptors (Lipinski definition) is 3. The standard InChI is InChI=1S/C13H16N2O2/c1-3-4-5-9-15-13(16)10-7-6-8-11(17-2)12(10)14/h1,6-8H,4-5,9,14H2,2H3,(H,15,16). The van der Waals surface area contributed by atoms with Crippen molar-refractivity contribution in [3.05, 3.63) is 23.8 Å². The minimum atomic E-state index is -0.210. The van der Waals surface area contributed by atoms with Crippen LogP contribution in [0.4, 0.5) is 5.69 Å². The van der Waals surface area contributed by atoms with E-state index in [-0.39, 0.29) is 5.91 Å². The van der Waals surface area contributed by atoms with E-state index < -0.39 is 0 Å². The van der Waals surface area contributed by atoms with E-state index >= 15 is 0 Å². The van der Waals surface area contributed by atoms with Gasteiger partial charge in [-0.25, -0.2) is 0 Å². The molecular formula is C13H16N2O2. The molecule has 1 aromatic carbocycles. The van der Waals surface area contributed by atoms with Crippen LogP contribution in [0.15, 0.2) is 18.2 Å². The molecule has 0 fully saturated rings. The molecule has 0 heterocycles. The summed E-state index contributed by atoms with van der Waals surface area (Å²) in [5.41, 5.74) is 6.58. The molecule has 4 heteroatoms. The number of methoxy groups -OCH3 is 1. The molecular weight excluding hydrogens is 216 g/mol. The van der Waals surface area contributed by atoms with E-state index in [0.717, 1.165) is 6.42 Å². The Morgan fingerprint density at radius 2 is 2.35 bits per heavy atom. The summed E-state index contributed by atoms with van der Waals surface area (Å²) in [5, 5.41) is 2.76. The first-order chi connectivity index (χ1) is 8.20. The Bertz CT molecular complexity index is 436. The van der Waals surface area contributed by atoms with Crippen LogP contribution < -0.4 is 15.8 Å². The maximum atomic E-state index is 11.8.